The summed E-state index contributed by atoms with van der Waals surface area (Å²) in [5.74, 6) is 0. The first-order valence-electron chi connectivity index (χ1n) is 9.05. The average Bonchev–Trinajstić information content (AvgIpc) is 2.65. The Hall–Kier alpha value is -2.33. The third-order valence-electron chi connectivity index (χ3n) is 4.21. The van der Waals surface area contributed by atoms with Crippen molar-refractivity contribution in [3.05, 3.63) is 65.7 Å². The van der Waals surface area contributed by atoms with Gasteiger partial charge >= 0.3 is 6.03 Å². The number of urea groups is 1. The van der Waals surface area contributed by atoms with Gasteiger partial charge < -0.3 is 10.6 Å². The van der Waals surface area contributed by atoms with Crippen LogP contribution in [0.4, 0.5) is 10.5 Å². The van der Waals surface area contributed by atoms with Crippen LogP contribution in [0, 0.1) is 0 Å². The molecule has 2 rings (SSSR count). The highest BCUT2D eigenvalue weighted by Gasteiger charge is 2.07. The van der Waals surface area contributed by atoms with Crippen molar-refractivity contribution < 1.29 is 4.79 Å². The van der Waals surface area contributed by atoms with Crippen molar-refractivity contribution in [1.82, 2.24) is 10.2 Å². The second-order valence-corrected chi connectivity index (χ2v) is 6.27. The topological polar surface area (TPSA) is 44.4 Å². The highest BCUT2D eigenvalue weighted by Crippen LogP contribution is 2.13. The lowest BCUT2D eigenvalue weighted by molar-refractivity contribution is 0.254. The van der Waals surface area contributed by atoms with Crippen molar-refractivity contribution in [1.29, 1.82) is 0 Å². The number of nitrogens with zero attached hydrogens (tertiary/aromatic N) is 1. The number of hydrogen-bond donors (Lipinski definition) is 2. The van der Waals surface area contributed by atoms with Crippen molar-refractivity contribution in [2.24, 2.45) is 0 Å². The van der Waals surface area contributed by atoms with Gasteiger partial charge in [-0.15, -0.1) is 0 Å². The first kappa shape index (κ1) is 19.0. The van der Waals surface area contributed by atoms with Crippen molar-refractivity contribution in [2.75, 3.05) is 25.5 Å². The van der Waals surface area contributed by atoms with E-state index in [9.17, 15) is 4.79 Å². The van der Waals surface area contributed by atoms with E-state index in [1.807, 2.05) is 12.1 Å². The SMILES string of the molecule is CCCCN(CCc1cccc(NC(=O)NC)c1)Cc1ccccc1. The Balaban J connectivity index is 1.94. The Morgan fingerprint density at radius 1 is 1.00 bits per heavy atom. The number of anilines is 1. The smallest absolute Gasteiger partial charge is 0.318 e. The summed E-state index contributed by atoms with van der Waals surface area (Å²) >= 11 is 0. The maximum absolute atomic E-state index is 11.4. The Morgan fingerprint density at radius 3 is 2.48 bits per heavy atom. The molecule has 0 aromatic heterocycles. The Bertz CT molecular complexity index is 643. The van der Waals surface area contributed by atoms with Crippen LogP contribution in [0.25, 0.3) is 0 Å². The summed E-state index contributed by atoms with van der Waals surface area (Å²) in [6.07, 6.45) is 3.39. The van der Waals surface area contributed by atoms with Crippen LogP contribution in [-0.4, -0.2) is 31.1 Å². The molecule has 2 aromatic rings. The predicted octanol–water partition coefficient (Wildman–Crippen LogP) is 4.28. The summed E-state index contributed by atoms with van der Waals surface area (Å²) in [5, 5.41) is 5.41. The lowest BCUT2D eigenvalue weighted by Crippen LogP contribution is -2.27. The van der Waals surface area contributed by atoms with Crippen molar-refractivity contribution in [3.63, 3.8) is 0 Å². The van der Waals surface area contributed by atoms with E-state index in [0.717, 1.165) is 31.7 Å². The van der Waals surface area contributed by atoms with E-state index in [-0.39, 0.29) is 6.03 Å². The molecular formula is C21H29N3O. The van der Waals surface area contributed by atoms with E-state index >= 15 is 0 Å². The number of hydrogen-bond acceptors (Lipinski definition) is 2. The quantitative estimate of drug-likeness (QED) is 0.716. The molecule has 4 nitrogen and oxygen atoms in total. The third-order valence-corrected chi connectivity index (χ3v) is 4.21. The summed E-state index contributed by atoms with van der Waals surface area (Å²) in [5.41, 5.74) is 3.43. The molecule has 0 saturated heterocycles. The molecule has 0 heterocycles. The number of amides is 2. The molecule has 0 unspecified atom stereocenters. The van der Waals surface area contributed by atoms with Gasteiger partial charge in [-0.1, -0.05) is 55.8 Å². The number of carbonyl (C=O) groups is 1. The summed E-state index contributed by atoms with van der Waals surface area (Å²) < 4.78 is 0. The molecule has 0 aliphatic heterocycles. The normalized spacial score (nSPS) is 10.7. The van der Waals surface area contributed by atoms with Gasteiger partial charge in [0.1, 0.15) is 0 Å². The summed E-state index contributed by atoms with van der Waals surface area (Å²) in [6, 6.07) is 18.5. The molecule has 0 aliphatic rings. The van der Waals surface area contributed by atoms with Gasteiger partial charge in [0, 0.05) is 25.8 Å². The first-order chi connectivity index (χ1) is 12.2. The summed E-state index contributed by atoms with van der Waals surface area (Å²) in [7, 11) is 1.62. The van der Waals surface area contributed by atoms with Crippen molar-refractivity contribution in [2.45, 2.75) is 32.7 Å². The molecule has 0 bridgehead atoms. The second kappa shape index (κ2) is 10.5. The van der Waals surface area contributed by atoms with Crippen LogP contribution in [0.1, 0.15) is 30.9 Å². The van der Waals surface area contributed by atoms with Gasteiger partial charge in [-0.05, 0) is 42.6 Å². The average molecular weight is 339 g/mol. The Labute approximate surface area is 151 Å². The van der Waals surface area contributed by atoms with E-state index in [4.69, 9.17) is 0 Å². The number of carbonyl (C=O) groups excluding carboxylic acids is 1. The van der Waals surface area contributed by atoms with Crippen LogP contribution in [0.15, 0.2) is 54.6 Å². The minimum atomic E-state index is -0.189. The first-order valence-corrected chi connectivity index (χ1v) is 9.05. The zero-order valence-electron chi connectivity index (χ0n) is 15.3. The highest BCUT2D eigenvalue weighted by molar-refractivity contribution is 5.89. The fraction of sp³-hybridized carbons (Fsp3) is 0.381. The minimum Gasteiger partial charge on any atom is -0.341 e. The molecule has 0 saturated carbocycles. The molecule has 2 aromatic carbocycles. The number of nitrogens with one attached hydrogen (secondary N) is 2. The molecule has 2 amide bonds. The van der Waals surface area contributed by atoms with Crippen LogP contribution < -0.4 is 10.6 Å². The third kappa shape index (κ3) is 6.98. The molecule has 4 heteroatoms. The number of benzene rings is 2. The zero-order chi connectivity index (χ0) is 17.9. The van der Waals surface area contributed by atoms with Gasteiger partial charge in [0.15, 0.2) is 0 Å². The van der Waals surface area contributed by atoms with Crippen LogP contribution >= 0.6 is 0 Å². The predicted molar refractivity (Wildman–Crippen MR) is 105 cm³/mol. The Kier molecular flexibility index (Phi) is 7.99. The number of rotatable bonds is 9. The maximum atomic E-state index is 11.4. The lowest BCUT2D eigenvalue weighted by Gasteiger charge is -2.22. The molecule has 0 fully saturated rings. The van der Waals surface area contributed by atoms with Crippen LogP contribution in [0.3, 0.4) is 0 Å². The molecule has 0 radical (unpaired) electrons. The fourth-order valence-corrected chi connectivity index (χ4v) is 2.78. The van der Waals surface area contributed by atoms with E-state index < -0.39 is 0 Å². The second-order valence-electron chi connectivity index (χ2n) is 6.27. The van der Waals surface area contributed by atoms with Gasteiger partial charge in [-0.2, -0.15) is 0 Å². The van der Waals surface area contributed by atoms with Crippen LogP contribution in [-0.2, 0) is 13.0 Å². The minimum absolute atomic E-state index is 0.189. The van der Waals surface area contributed by atoms with E-state index in [1.54, 1.807) is 7.05 Å². The largest absolute Gasteiger partial charge is 0.341 e. The molecular weight excluding hydrogens is 310 g/mol. The molecule has 2 N–H and O–H groups in total. The molecule has 0 atom stereocenters. The maximum Gasteiger partial charge on any atom is 0.318 e. The molecule has 134 valence electrons. The van der Waals surface area contributed by atoms with Crippen molar-refractivity contribution in [3.8, 4) is 0 Å². The Morgan fingerprint density at radius 2 is 1.76 bits per heavy atom. The molecule has 0 spiro atoms. The van der Waals surface area contributed by atoms with Crippen LogP contribution in [0.2, 0.25) is 0 Å². The molecule has 0 aliphatic carbocycles. The number of unbranched alkanes of at least 4 members (excludes halogenated alkanes) is 1. The molecule has 25 heavy (non-hydrogen) atoms. The van der Waals surface area contributed by atoms with Gasteiger partial charge in [0.25, 0.3) is 0 Å². The van der Waals surface area contributed by atoms with E-state index in [1.165, 1.54) is 24.0 Å². The fourth-order valence-electron chi connectivity index (χ4n) is 2.78. The van der Waals surface area contributed by atoms with E-state index in [2.05, 4.69) is 64.9 Å². The van der Waals surface area contributed by atoms with Gasteiger partial charge in [0.2, 0.25) is 0 Å². The highest BCUT2D eigenvalue weighted by atomic mass is 16.2. The summed E-state index contributed by atoms with van der Waals surface area (Å²) in [4.78, 5) is 14.0. The summed E-state index contributed by atoms with van der Waals surface area (Å²) in [6.45, 7) is 5.34. The van der Waals surface area contributed by atoms with Crippen molar-refractivity contribution >= 4 is 11.7 Å². The van der Waals surface area contributed by atoms with E-state index in [0.29, 0.717) is 0 Å². The van der Waals surface area contributed by atoms with Gasteiger partial charge in [-0.25, -0.2) is 4.79 Å². The van der Waals surface area contributed by atoms with Gasteiger partial charge in [-0.3, -0.25) is 4.90 Å². The van der Waals surface area contributed by atoms with Crippen LogP contribution in [0.5, 0.6) is 0 Å². The lowest BCUT2D eigenvalue weighted by atomic mass is 10.1. The van der Waals surface area contributed by atoms with Gasteiger partial charge in [0.05, 0.1) is 0 Å². The zero-order valence-corrected chi connectivity index (χ0v) is 15.3. The monoisotopic (exact) mass is 339 g/mol. The standard InChI is InChI=1S/C21H29N3O/c1-3-4-14-24(17-19-9-6-5-7-10-19)15-13-18-11-8-12-20(16-18)23-21(25)22-2/h5-12,16H,3-4,13-15,17H2,1-2H3,(H2,22,23,25).